The molecule has 2 aliphatic rings. The first-order valence-electron chi connectivity index (χ1n) is 5.59. The lowest BCUT2D eigenvalue weighted by atomic mass is 9.83. The van der Waals surface area contributed by atoms with E-state index < -0.39 is 0 Å². The molecule has 0 amide bonds. The Morgan fingerprint density at radius 1 is 1.29 bits per heavy atom. The second kappa shape index (κ2) is 4.69. The van der Waals surface area contributed by atoms with E-state index in [1.807, 2.05) is 6.21 Å². The second-order valence-electron chi connectivity index (χ2n) is 4.33. The maximum absolute atomic E-state index is 10.00. The number of aliphatic hydroxyl groups is 1. The monoisotopic (exact) mass is 194 g/mol. The number of hydrogen-bond acceptors (Lipinski definition) is 3. The Kier molecular flexibility index (Phi) is 3.30. The Labute approximate surface area is 85.0 Å². The molecular formula is C11H18N2O. The predicted octanol–water partition coefficient (Wildman–Crippen LogP) is 1.80. The van der Waals surface area contributed by atoms with E-state index >= 15 is 0 Å². The molecule has 1 aliphatic carbocycles. The molecule has 2 atom stereocenters. The molecule has 0 spiro atoms. The van der Waals surface area contributed by atoms with E-state index in [0.717, 1.165) is 6.42 Å². The first-order valence-corrected chi connectivity index (χ1v) is 5.59. The lowest BCUT2D eigenvalue weighted by molar-refractivity contribution is 0.0765. The van der Waals surface area contributed by atoms with Gasteiger partial charge in [-0.25, -0.2) is 4.99 Å². The third-order valence-corrected chi connectivity index (χ3v) is 3.26. The zero-order valence-corrected chi connectivity index (χ0v) is 8.47. The lowest BCUT2D eigenvalue weighted by Crippen LogP contribution is -2.26. The molecule has 1 unspecified atom stereocenters. The molecule has 1 fully saturated rings. The average Bonchev–Trinajstić information content (AvgIpc) is 2.72. The van der Waals surface area contributed by atoms with Crippen molar-refractivity contribution in [3.63, 3.8) is 0 Å². The molecule has 1 heterocycles. The van der Waals surface area contributed by atoms with Gasteiger partial charge in [0.15, 0.2) is 0 Å². The van der Waals surface area contributed by atoms with E-state index in [1.54, 1.807) is 6.34 Å². The van der Waals surface area contributed by atoms with Gasteiger partial charge in [0.05, 0.1) is 12.1 Å². The van der Waals surface area contributed by atoms with Crippen molar-refractivity contribution in [3.05, 3.63) is 0 Å². The van der Waals surface area contributed by atoms with Crippen LogP contribution in [0.5, 0.6) is 0 Å². The maximum Gasteiger partial charge on any atom is 0.110 e. The number of aliphatic imine (C=N–C) groups is 2. The molecular weight excluding hydrogens is 176 g/mol. The summed E-state index contributed by atoms with van der Waals surface area (Å²) in [6.07, 6.45) is 10.3. The molecule has 0 radical (unpaired) electrons. The molecule has 2 rings (SSSR count). The molecule has 1 N–H and O–H groups in total. The van der Waals surface area contributed by atoms with Crippen LogP contribution < -0.4 is 0 Å². The van der Waals surface area contributed by atoms with Crippen molar-refractivity contribution in [2.45, 2.75) is 50.7 Å². The van der Waals surface area contributed by atoms with E-state index in [1.165, 1.54) is 32.1 Å². The number of hydrogen-bond donors (Lipinski definition) is 1. The fraction of sp³-hybridized carbons (Fsp3) is 0.818. The van der Waals surface area contributed by atoms with Gasteiger partial charge in [0.2, 0.25) is 0 Å². The van der Waals surface area contributed by atoms with Crippen LogP contribution in [-0.4, -0.2) is 29.8 Å². The van der Waals surface area contributed by atoms with Gasteiger partial charge in [0, 0.05) is 12.6 Å². The summed E-state index contributed by atoms with van der Waals surface area (Å²) in [5.41, 5.74) is 0. The highest BCUT2D eigenvalue weighted by molar-refractivity contribution is 5.82. The molecule has 0 aromatic heterocycles. The van der Waals surface area contributed by atoms with Crippen LogP contribution in [0, 0.1) is 5.92 Å². The van der Waals surface area contributed by atoms with Gasteiger partial charge in [-0.15, -0.1) is 0 Å². The van der Waals surface area contributed by atoms with Gasteiger partial charge in [-0.2, -0.15) is 0 Å². The lowest BCUT2D eigenvalue weighted by Gasteiger charge is -2.27. The molecule has 0 aromatic carbocycles. The number of aliphatic hydroxyl groups excluding tert-OH is 1. The van der Waals surface area contributed by atoms with E-state index in [9.17, 15) is 5.11 Å². The smallest absolute Gasteiger partial charge is 0.110 e. The highest BCUT2D eigenvalue weighted by Gasteiger charge is 2.24. The number of nitrogens with zero attached hydrogens (tertiary/aromatic N) is 2. The minimum absolute atomic E-state index is 0.131. The fourth-order valence-corrected chi connectivity index (χ4v) is 2.38. The summed E-state index contributed by atoms with van der Waals surface area (Å²) in [7, 11) is 0. The summed E-state index contributed by atoms with van der Waals surface area (Å²) >= 11 is 0. The van der Waals surface area contributed by atoms with Crippen LogP contribution in [0.2, 0.25) is 0 Å². The summed E-state index contributed by atoms with van der Waals surface area (Å²) in [4.78, 5) is 8.10. The topological polar surface area (TPSA) is 45.0 Å². The van der Waals surface area contributed by atoms with E-state index in [0.29, 0.717) is 5.92 Å². The fourth-order valence-electron chi connectivity index (χ4n) is 2.38. The molecule has 0 bridgehead atoms. The van der Waals surface area contributed by atoms with Crippen LogP contribution in [0.3, 0.4) is 0 Å². The van der Waals surface area contributed by atoms with Gasteiger partial charge in [-0.05, 0) is 18.8 Å². The van der Waals surface area contributed by atoms with Crippen LogP contribution >= 0.6 is 0 Å². The normalized spacial score (nSPS) is 29.6. The Bertz CT molecular complexity index is 219. The summed E-state index contributed by atoms with van der Waals surface area (Å²) in [6.45, 7) is 0. The first kappa shape index (κ1) is 9.84. The molecule has 0 aromatic rings. The molecule has 78 valence electrons. The van der Waals surface area contributed by atoms with Crippen molar-refractivity contribution in [2.24, 2.45) is 15.9 Å². The van der Waals surface area contributed by atoms with E-state index in [-0.39, 0.29) is 12.1 Å². The van der Waals surface area contributed by atoms with Crippen LogP contribution in [0.4, 0.5) is 0 Å². The third kappa shape index (κ3) is 2.41. The minimum Gasteiger partial charge on any atom is -0.393 e. The van der Waals surface area contributed by atoms with Gasteiger partial charge >= 0.3 is 0 Å². The zero-order valence-electron chi connectivity index (χ0n) is 8.47. The van der Waals surface area contributed by atoms with Gasteiger partial charge < -0.3 is 5.11 Å². The molecule has 14 heavy (non-hydrogen) atoms. The highest BCUT2D eigenvalue weighted by atomic mass is 16.3. The SMILES string of the molecule is OC(C[C@H]1C=NC=N1)C1CCCCC1. The van der Waals surface area contributed by atoms with E-state index in [4.69, 9.17) is 0 Å². The van der Waals surface area contributed by atoms with Crippen LogP contribution in [0.15, 0.2) is 9.98 Å². The summed E-state index contributed by atoms with van der Waals surface area (Å²) in [5.74, 6) is 0.507. The highest BCUT2D eigenvalue weighted by Crippen LogP contribution is 2.28. The summed E-state index contributed by atoms with van der Waals surface area (Å²) in [6, 6.07) is 0.131. The molecule has 1 saturated carbocycles. The average molecular weight is 194 g/mol. The zero-order chi connectivity index (χ0) is 9.80. The Hall–Kier alpha value is -0.700. The van der Waals surface area contributed by atoms with Gasteiger partial charge in [0.25, 0.3) is 0 Å². The number of rotatable bonds is 3. The van der Waals surface area contributed by atoms with Gasteiger partial charge in [-0.3, -0.25) is 4.99 Å². The van der Waals surface area contributed by atoms with Gasteiger partial charge in [0.1, 0.15) is 6.34 Å². The molecule has 1 aliphatic heterocycles. The largest absolute Gasteiger partial charge is 0.393 e. The molecule has 3 heteroatoms. The van der Waals surface area contributed by atoms with Crippen molar-refractivity contribution in [2.75, 3.05) is 0 Å². The second-order valence-corrected chi connectivity index (χ2v) is 4.33. The Morgan fingerprint density at radius 2 is 2.07 bits per heavy atom. The van der Waals surface area contributed by atoms with Crippen LogP contribution in [0.25, 0.3) is 0 Å². The quantitative estimate of drug-likeness (QED) is 0.731. The van der Waals surface area contributed by atoms with Gasteiger partial charge in [-0.1, -0.05) is 19.3 Å². The van der Waals surface area contributed by atoms with E-state index in [2.05, 4.69) is 9.98 Å². The van der Waals surface area contributed by atoms with Crippen LogP contribution in [-0.2, 0) is 0 Å². The van der Waals surface area contributed by atoms with Crippen molar-refractivity contribution in [1.82, 2.24) is 0 Å². The Balaban J connectivity index is 1.78. The predicted molar refractivity (Wildman–Crippen MR) is 58.0 cm³/mol. The van der Waals surface area contributed by atoms with Crippen molar-refractivity contribution in [1.29, 1.82) is 0 Å². The minimum atomic E-state index is -0.179. The third-order valence-electron chi connectivity index (χ3n) is 3.26. The van der Waals surface area contributed by atoms with Crippen molar-refractivity contribution >= 4 is 12.6 Å². The maximum atomic E-state index is 10.00. The van der Waals surface area contributed by atoms with Crippen molar-refractivity contribution < 1.29 is 5.11 Å². The van der Waals surface area contributed by atoms with Crippen molar-refractivity contribution in [3.8, 4) is 0 Å². The molecule has 0 saturated heterocycles. The standard InChI is InChI=1S/C11H18N2O/c14-11(6-10-7-12-8-13-10)9-4-2-1-3-5-9/h7-11,14H,1-6H2/t10-,11?/m0/s1. The van der Waals surface area contributed by atoms with Crippen LogP contribution in [0.1, 0.15) is 38.5 Å². The summed E-state index contributed by atoms with van der Waals surface area (Å²) in [5, 5.41) is 10.00. The molecule has 3 nitrogen and oxygen atoms in total. The summed E-state index contributed by atoms with van der Waals surface area (Å²) < 4.78 is 0. The first-order chi connectivity index (χ1) is 6.86. The Morgan fingerprint density at radius 3 is 2.71 bits per heavy atom.